The molecule has 23 nitrogen and oxygen atoms in total. The highest BCUT2D eigenvalue weighted by atomic mass is 32.1. The van der Waals surface area contributed by atoms with Crippen molar-refractivity contribution in [1.82, 2.24) is 5.32 Å². The predicted octanol–water partition coefficient (Wildman–Crippen LogP) is -5.45. The molecule has 0 aliphatic rings. The lowest BCUT2D eigenvalue weighted by Gasteiger charge is -2.06. The third kappa shape index (κ3) is 55.2. The van der Waals surface area contributed by atoms with E-state index in [-0.39, 0.29) is 29.8 Å². The first kappa shape index (κ1) is 55.8. The Kier molecular flexibility index (Phi) is 43.7. The highest BCUT2D eigenvalue weighted by molar-refractivity contribution is 7.80. The summed E-state index contributed by atoms with van der Waals surface area (Å²) in [7, 11) is 0. The van der Waals surface area contributed by atoms with Crippen LogP contribution in [0.5, 0.6) is 0 Å². The van der Waals surface area contributed by atoms with Gasteiger partial charge in [-0.2, -0.15) is 37.9 Å². The molecule has 0 aromatic carbocycles. The summed E-state index contributed by atoms with van der Waals surface area (Å²) in [5.41, 5.74) is 34.4. The van der Waals surface area contributed by atoms with E-state index in [4.69, 9.17) is 75.6 Å². The maximum absolute atomic E-state index is 10.2. The van der Waals surface area contributed by atoms with Gasteiger partial charge < -0.3 is 81.2 Å². The number of nitrogens with two attached hydrogens (primary N) is 7. The van der Waals surface area contributed by atoms with Crippen molar-refractivity contribution in [2.75, 3.05) is 30.3 Å². The number of thiol groups is 3. The first-order valence-electron chi connectivity index (χ1n) is 12.4. The third-order valence-corrected chi connectivity index (χ3v) is 4.93. The second-order valence-corrected chi connectivity index (χ2v) is 9.05. The molecule has 0 aliphatic heterocycles. The Labute approximate surface area is 285 Å². The largest absolute Gasteiger partial charge is 0.481 e. The van der Waals surface area contributed by atoms with Gasteiger partial charge in [-0.25, -0.2) is 0 Å². The lowest BCUT2D eigenvalue weighted by Crippen LogP contribution is -2.34. The first-order chi connectivity index (χ1) is 21.4. The first-order valence-corrected chi connectivity index (χ1v) is 14.2. The predicted molar refractivity (Wildman–Crippen MR) is 178 cm³/mol. The van der Waals surface area contributed by atoms with Crippen LogP contribution in [0.1, 0.15) is 19.3 Å². The second kappa shape index (κ2) is 36.8. The quantitative estimate of drug-likeness (QED) is 0.0322. The van der Waals surface area contributed by atoms with Gasteiger partial charge >= 0.3 is 41.8 Å². The fourth-order valence-electron chi connectivity index (χ4n) is 1.18. The number of hydrogen-bond donors (Lipinski definition) is 19. The van der Waals surface area contributed by atoms with Crippen molar-refractivity contribution in [3.8, 4) is 0 Å². The van der Waals surface area contributed by atoms with Crippen molar-refractivity contribution < 1.29 is 69.3 Å². The summed E-state index contributed by atoms with van der Waals surface area (Å²) in [6.07, 6.45) is 0.442. The van der Waals surface area contributed by atoms with Crippen LogP contribution in [-0.4, -0.2) is 144 Å². The summed E-state index contributed by atoms with van der Waals surface area (Å²) in [4.78, 5) is 68.3. The van der Waals surface area contributed by atoms with E-state index < -0.39 is 78.4 Å². The summed E-state index contributed by atoms with van der Waals surface area (Å²) in [6.45, 7) is 0.205. The number of hydrogen-bond acceptors (Lipinski definition) is 17. The lowest BCUT2D eigenvalue weighted by molar-refractivity contribution is -0.144. The minimum absolute atomic E-state index is 0.112. The highest BCUT2D eigenvalue weighted by Gasteiger charge is 2.14. The van der Waals surface area contributed by atoms with Crippen LogP contribution in [0, 0.1) is 5.41 Å². The van der Waals surface area contributed by atoms with Crippen molar-refractivity contribution in [2.45, 2.75) is 49.5 Å². The van der Waals surface area contributed by atoms with Crippen molar-refractivity contribution in [3.05, 3.63) is 0 Å². The van der Waals surface area contributed by atoms with Gasteiger partial charge in [0.25, 0.3) is 0 Å². The molecule has 0 aromatic rings. The molecule has 0 rings (SSSR count). The minimum atomic E-state index is -1.29. The Hall–Kier alpha value is -3.63. The number of carboxylic acid groups (broad SMARTS) is 7. The zero-order valence-electron chi connectivity index (χ0n) is 24.9. The molecule has 0 aromatic heterocycles. The lowest BCUT2D eigenvalue weighted by atomic mass is 10.2. The molecule has 0 spiro atoms. The molecular formula is C21H47N9O14S3. The van der Waals surface area contributed by atoms with Crippen LogP contribution < -0.4 is 45.5 Å². The number of rotatable bonds is 15. The van der Waals surface area contributed by atoms with Gasteiger partial charge in [0.15, 0.2) is 5.96 Å². The van der Waals surface area contributed by atoms with E-state index in [2.05, 4.69) is 48.9 Å². The average Bonchev–Trinajstić information content (AvgIpc) is 2.98. The molecule has 278 valence electrons. The molecule has 0 heterocycles. The number of nitrogens with one attached hydrogen (secondary N) is 2. The van der Waals surface area contributed by atoms with Crippen molar-refractivity contribution in [3.63, 3.8) is 0 Å². The van der Waals surface area contributed by atoms with Crippen molar-refractivity contribution >= 4 is 85.6 Å². The summed E-state index contributed by atoms with van der Waals surface area (Å²) in [5.74, 6) is -7.02. The maximum Gasteiger partial charge on any atom is 0.321 e. The third-order valence-electron chi connectivity index (χ3n) is 3.75. The van der Waals surface area contributed by atoms with Gasteiger partial charge in [-0.3, -0.25) is 39.0 Å². The van der Waals surface area contributed by atoms with E-state index in [1.807, 2.05) is 0 Å². The molecule has 0 radical (unpaired) electrons. The van der Waals surface area contributed by atoms with E-state index >= 15 is 0 Å². The zero-order valence-corrected chi connectivity index (χ0v) is 27.6. The number of aliphatic carboxylic acids is 7. The SMILES string of the molecule is N=C(N)NCCC[C@H](N)C(=O)O.NCC(=O)O.N[C@@H](CC(=O)O)C(=O)O.N[C@@H](CS)C(=O)O.N[C@@H](CS)C(=O)O.N[C@@H](CS)C(=O)O. The molecule has 47 heavy (non-hydrogen) atoms. The molecular weight excluding hydrogens is 698 g/mol. The molecule has 0 bridgehead atoms. The molecule has 0 fully saturated rings. The van der Waals surface area contributed by atoms with Crippen LogP contribution in [0.4, 0.5) is 0 Å². The van der Waals surface area contributed by atoms with Crippen LogP contribution in [-0.2, 0) is 33.6 Å². The van der Waals surface area contributed by atoms with Crippen molar-refractivity contribution in [1.29, 1.82) is 5.41 Å². The van der Waals surface area contributed by atoms with E-state index in [0.29, 0.717) is 19.4 Å². The van der Waals surface area contributed by atoms with Gasteiger partial charge in [-0.1, -0.05) is 0 Å². The molecule has 23 N–H and O–H groups in total. The Balaban J connectivity index is -0.000000110. The van der Waals surface area contributed by atoms with Gasteiger partial charge in [0.05, 0.1) is 13.0 Å². The fraction of sp³-hybridized carbons (Fsp3) is 0.619. The average molecular weight is 746 g/mol. The Morgan fingerprint density at radius 3 is 0.979 bits per heavy atom. The summed E-state index contributed by atoms with van der Waals surface area (Å²) in [5, 5.41) is 65.4. The van der Waals surface area contributed by atoms with Gasteiger partial charge in [-0.15, -0.1) is 0 Å². The normalized spacial score (nSPS) is 12.3. The van der Waals surface area contributed by atoms with Crippen LogP contribution in [0.15, 0.2) is 0 Å². The van der Waals surface area contributed by atoms with E-state index in [9.17, 15) is 33.6 Å². The molecule has 0 unspecified atom stereocenters. The van der Waals surface area contributed by atoms with E-state index in [1.54, 1.807) is 0 Å². The zero-order chi connectivity index (χ0) is 38.9. The summed E-state index contributed by atoms with van der Waals surface area (Å²) in [6, 6.07) is -4.56. The van der Waals surface area contributed by atoms with E-state index in [1.165, 1.54) is 0 Å². The topological polar surface area (TPSA) is 479 Å². The molecule has 0 amide bonds. The Morgan fingerprint density at radius 1 is 0.574 bits per heavy atom. The summed E-state index contributed by atoms with van der Waals surface area (Å²) < 4.78 is 0. The number of guanidine groups is 1. The monoisotopic (exact) mass is 745 g/mol. The second-order valence-electron chi connectivity index (χ2n) is 7.95. The molecule has 0 aliphatic carbocycles. The minimum Gasteiger partial charge on any atom is -0.481 e. The maximum atomic E-state index is 10.2. The van der Waals surface area contributed by atoms with Gasteiger partial charge in [0.1, 0.15) is 30.2 Å². The van der Waals surface area contributed by atoms with Gasteiger partial charge in [0.2, 0.25) is 0 Å². The van der Waals surface area contributed by atoms with Gasteiger partial charge in [-0.05, 0) is 12.8 Å². The van der Waals surface area contributed by atoms with E-state index in [0.717, 1.165) is 0 Å². The molecule has 0 saturated carbocycles. The van der Waals surface area contributed by atoms with Crippen molar-refractivity contribution in [2.24, 2.45) is 40.1 Å². The van der Waals surface area contributed by atoms with Crippen LogP contribution >= 0.6 is 37.9 Å². The smallest absolute Gasteiger partial charge is 0.321 e. The molecule has 0 saturated heterocycles. The molecule has 26 heteroatoms. The molecule has 5 atom stereocenters. The van der Waals surface area contributed by atoms with Crippen LogP contribution in [0.2, 0.25) is 0 Å². The fourth-order valence-corrected chi connectivity index (χ4v) is 1.65. The number of carboxylic acids is 7. The van der Waals surface area contributed by atoms with Crippen LogP contribution in [0.3, 0.4) is 0 Å². The standard InChI is InChI=1S/C6H14N4O2.C4H7NO4.3C3H7NO2S.C2H5NO2/c7-4(5(11)12)2-1-3-10-6(8)9;5-2(4(8)9)1-3(6)7;3*4-2(1-7)3(5)6;3-1-2(4)5/h4H,1-3,7H2,(H,11,12)(H4,8,9,10);2H,1,5H2,(H,6,7)(H,8,9);3*2,7H,1,4H2,(H,5,6);1,3H2,(H,4,5)/t4-;4*2-;/m00000./s1. The Morgan fingerprint density at radius 2 is 0.851 bits per heavy atom. The number of carbonyl (C=O) groups is 7. The summed E-state index contributed by atoms with van der Waals surface area (Å²) >= 11 is 10.9. The van der Waals surface area contributed by atoms with Crippen LogP contribution in [0.25, 0.3) is 0 Å². The Bertz CT molecular complexity index is 891. The highest BCUT2D eigenvalue weighted by Crippen LogP contribution is 1.92. The van der Waals surface area contributed by atoms with Gasteiger partial charge in [0, 0.05) is 23.8 Å².